The fourth-order valence-corrected chi connectivity index (χ4v) is 3.10. The molecule has 0 spiro atoms. The molecule has 2 aromatic heterocycles. The van der Waals surface area contributed by atoms with Gasteiger partial charge in [-0.05, 0) is 36.2 Å². The van der Waals surface area contributed by atoms with Crippen LogP contribution in [0.2, 0.25) is 0 Å². The molecule has 10 heteroatoms. The molecule has 164 valence electrons. The zero-order chi connectivity index (χ0) is 22.6. The molecular formula is C21H22F3N5O2. The van der Waals surface area contributed by atoms with Crippen LogP contribution in [0.4, 0.5) is 19.0 Å². The van der Waals surface area contributed by atoms with Crippen LogP contribution in [0.15, 0.2) is 41.2 Å². The minimum atomic E-state index is -4.41. The highest BCUT2D eigenvalue weighted by Crippen LogP contribution is 2.29. The van der Waals surface area contributed by atoms with Gasteiger partial charge in [-0.3, -0.25) is 14.2 Å². The first-order chi connectivity index (χ1) is 14.7. The maximum atomic E-state index is 12.9. The molecule has 3 rings (SSSR count). The number of anilines is 1. The van der Waals surface area contributed by atoms with Crippen molar-refractivity contribution in [3.63, 3.8) is 0 Å². The Balaban J connectivity index is 1.89. The summed E-state index contributed by atoms with van der Waals surface area (Å²) in [4.78, 5) is 32.7. The first-order valence-corrected chi connectivity index (χ1v) is 9.74. The van der Waals surface area contributed by atoms with Crippen LogP contribution in [0.25, 0.3) is 11.2 Å². The molecule has 0 unspecified atom stereocenters. The summed E-state index contributed by atoms with van der Waals surface area (Å²) in [5.41, 5.74) is 0.677. The summed E-state index contributed by atoms with van der Waals surface area (Å²) in [6.07, 6.45) is -3.96. The largest absolute Gasteiger partial charge is 0.416 e. The molecule has 0 aliphatic carbocycles. The van der Waals surface area contributed by atoms with Crippen molar-refractivity contribution in [2.45, 2.75) is 39.5 Å². The topological polar surface area (TPSA) is 88.9 Å². The Kier molecular flexibility index (Phi) is 6.57. The van der Waals surface area contributed by atoms with E-state index in [0.717, 1.165) is 12.1 Å². The van der Waals surface area contributed by atoms with E-state index in [2.05, 4.69) is 20.6 Å². The molecule has 0 aliphatic heterocycles. The highest BCUT2D eigenvalue weighted by Gasteiger charge is 2.30. The van der Waals surface area contributed by atoms with Crippen LogP contribution in [0, 0.1) is 0 Å². The van der Waals surface area contributed by atoms with Gasteiger partial charge in [0.2, 0.25) is 5.91 Å². The number of benzene rings is 1. The van der Waals surface area contributed by atoms with E-state index in [1.165, 1.54) is 17.6 Å². The van der Waals surface area contributed by atoms with Crippen molar-refractivity contribution in [3.8, 4) is 0 Å². The number of nitrogens with zero attached hydrogens (tertiary/aromatic N) is 3. The van der Waals surface area contributed by atoms with Gasteiger partial charge in [-0.1, -0.05) is 19.1 Å². The van der Waals surface area contributed by atoms with Gasteiger partial charge in [-0.2, -0.15) is 13.2 Å². The fourth-order valence-electron chi connectivity index (χ4n) is 3.10. The van der Waals surface area contributed by atoms with Crippen LogP contribution in [0.1, 0.15) is 30.7 Å². The lowest BCUT2D eigenvalue weighted by molar-refractivity contribution is -0.137. The van der Waals surface area contributed by atoms with Gasteiger partial charge in [-0.15, -0.1) is 0 Å². The van der Waals surface area contributed by atoms with Crippen LogP contribution >= 0.6 is 0 Å². The average molecular weight is 433 g/mol. The summed E-state index contributed by atoms with van der Waals surface area (Å²) < 4.78 is 40.2. The summed E-state index contributed by atoms with van der Waals surface area (Å²) in [5.74, 6) is 0.183. The highest BCUT2D eigenvalue weighted by atomic mass is 19.4. The number of amides is 1. The van der Waals surface area contributed by atoms with Gasteiger partial charge < -0.3 is 10.6 Å². The summed E-state index contributed by atoms with van der Waals surface area (Å²) >= 11 is 0. The van der Waals surface area contributed by atoms with Crippen molar-refractivity contribution in [1.29, 1.82) is 0 Å². The number of halogens is 3. The first kappa shape index (κ1) is 22.3. The Morgan fingerprint density at radius 3 is 2.61 bits per heavy atom. The summed E-state index contributed by atoms with van der Waals surface area (Å²) in [5, 5.41) is 5.64. The van der Waals surface area contributed by atoms with Crippen molar-refractivity contribution in [2.75, 3.05) is 11.9 Å². The lowest BCUT2D eigenvalue weighted by atomic mass is 10.1. The SMILES string of the molecule is CCc1nc2ccc(NCc3cccc(C(F)(F)F)c3)nc2n(CCNC(C)=O)c1=O. The van der Waals surface area contributed by atoms with Crippen LogP contribution in [-0.2, 0) is 30.5 Å². The molecule has 2 N–H and O–H groups in total. The minimum Gasteiger partial charge on any atom is -0.366 e. The average Bonchev–Trinajstić information content (AvgIpc) is 2.73. The van der Waals surface area contributed by atoms with Crippen molar-refractivity contribution in [3.05, 3.63) is 63.6 Å². The second-order valence-electron chi connectivity index (χ2n) is 6.94. The van der Waals surface area contributed by atoms with Crippen LogP contribution < -0.4 is 16.2 Å². The van der Waals surface area contributed by atoms with Gasteiger partial charge in [0.15, 0.2) is 5.65 Å². The molecule has 0 fully saturated rings. The molecule has 0 bridgehead atoms. The number of pyridine rings is 1. The number of nitrogens with one attached hydrogen (secondary N) is 2. The van der Waals surface area contributed by atoms with E-state index in [0.29, 0.717) is 34.7 Å². The minimum absolute atomic E-state index is 0.124. The van der Waals surface area contributed by atoms with E-state index >= 15 is 0 Å². The van der Waals surface area contributed by atoms with Gasteiger partial charge in [0, 0.05) is 26.6 Å². The Hall–Kier alpha value is -3.43. The van der Waals surface area contributed by atoms with Crippen LogP contribution in [0.3, 0.4) is 0 Å². The quantitative estimate of drug-likeness (QED) is 0.598. The molecule has 1 aromatic carbocycles. The first-order valence-electron chi connectivity index (χ1n) is 9.74. The van der Waals surface area contributed by atoms with Crippen LogP contribution in [0.5, 0.6) is 0 Å². The molecule has 2 heterocycles. The van der Waals surface area contributed by atoms with E-state index in [4.69, 9.17) is 0 Å². The molecule has 3 aromatic rings. The van der Waals surface area contributed by atoms with Gasteiger partial charge in [0.1, 0.15) is 17.0 Å². The second kappa shape index (κ2) is 9.15. The lowest BCUT2D eigenvalue weighted by Gasteiger charge is -2.13. The molecule has 0 atom stereocenters. The van der Waals surface area contributed by atoms with Crippen molar-refractivity contribution in [1.82, 2.24) is 19.9 Å². The van der Waals surface area contributed by atoms with Gasteiger partial charge in [0.25, 0.3) is 5.56 Å². The number of aromatic nitrogens is 3. The fraction of sp³-hybridized carbons (Fsp3) is 0.333. The molecule has 0 aliphatic rings. The van der Waals surface area contributed by atoms with E-state index in [1.807, 2.05) is 6.92 Å². The number of alkyl halides is 3. The monoisotopic (exact) mass is 433 g/mol. The number of carbonyl (C=O) groups is 1. The third-order valence-corrected chi connectivity index (χ3v) is 4.63. The Morgan fingerprint density at radius 2 is 1.94 bits per heavy atom. The molecular weight excluding hydrogens is 411 g/mol. The standard InChI is InChI=1S/C21H22F3N5O2/c1-3-16-20(31)29(10-9-25-13(2)30)19-17(27-16)7-8-18(28-19)26-12-14-5-4-6-15(11-14)21(22,23)24/h4-8,11H,3,9-10,12H2,1-2H3,(H,25,30)(H,26,28). The van der Waals surface area contributed by atoms with Gasteiger partial charge in [-0.25, -0.2) is 9.97 Å². The van der Waals surface area contributed by atoms with Gasteiger partial charge in [0.05, 0.1) is 5.56 Å². The Morgan fingerprint density at radius 1 is 1.16 bits per heavy atom. The summed E-state index contributed by atoms with van der Waals surface area (Å²) in [6, 6.07) is 8.38. The Labute approximate surface area is 176 Å². The molecule has 31 heavy (non-hydrogen) atoms. The number of carbonyl (C=O) groups excluding carboxylic acids is 1. The predicted octanol–water partition coefficient (Wildman–Crippen LogP) is 3.12. The number of aryl methyl sites for hydroxylation is 1. The van der Waals surface area contributed by atoms with Crippen molar-refractivity contribution >= 4 is 22.9 Å². The molecule has 0 saturated carbocycles. The Bertz CT molecular complexity index is 1160. The predicted molar refractivity (Wildman–Crippen MR) is 111 cm³/mol. The second-order valence-corrected chi connectivity index (χ2v) is 6.94. The van der Waals surface area contributed by atoms with Gasteiger partial charge >= 0.3 is 6.18 Å². The van der Waals surface area contributed by atoms with Crippen LogP contribution in [-0.4, -0.2) is 27.0 Å². The third kappa shape index (κ3) is 5.39. The molecule has 1 amide bonds. The third-order valence-electron chi connectivity index (χ3n) is 4.63. The maximum Gasteiger partial charge on any atom is 0.416 e. The molecule has 0 radical (unpaired) electrons. The highest BCUT2D eigenvalue weighted by molar-refractivity contribution is 5.73. The van der Waals surface area contributed by atoms with Crippen molar-refractivity contribution in [2.24, 2.45) is 0 Å². The normalized spacial score (nSPS) is 11.5. The van der Waals surface area contributed by atoms with E-state index in [9.17, 15) is 22.8 Å². The lowest BCUT2D eigenvalue weighted by Crippen LogP contribution is -2.32. The number of hydrogen-bond donors (Lipinski definition) is 2. The van der Waals surface area contributed by atoms with Crippen molar-refractivity contribution < 1.29 is 18.0 Å². The number of hydrogen-bond acceptors (Lipinski definition) is 5. The van der Waals surface area contributed by atoms with E-state index in [-0.39, 0.29) is 31.1 Å². The zero-order valence-electron chi connectivity index (χ0n) is 17.1. The smallest absolute Gasteiger partial charge is 0.366 e. The number of rotatable bonds is 7. The van der Waals surface area contributed by atoms with E-state index in [1.54, 1.807) is 18.2 Å². The molecule has 0 saturated heterocycles. The summed E-state index contributed by atoms with van der Waals surface area (Å²) in [7, 11) is 0. The van der Waals surface area contributed by atoms with E-state index < -0.39 is 11.7 Å². The zero-order valence-corrected chi connectivity index (χ0v) is 17.1. The maximum absolute atomic E-state index is 12.9. The molecule has 7 nitrogen and oxygen atoms in total. The summed E-state index contributed by atoms with van der Waals surface area (Å²) in [6.45, 7) is 3.81. The number of fused-ring (bicyclic) bond motifs is 1.